The molecule has 0 unspecified atom stereocenters. The maximum Gasteiger partial charge on any atom is 0.165 e. The fraction of sp³-hybridized carbons (Fsp3) is 0. The van der Waals surface area contributed by atoms with Crippen LogP contribution in [-0.4, -0.2) is 9.97 Å². The van der Waals surface area contributed by atoms with Crippen LogP contribution >= 0.6 is 11.6 Å². The van der Waals surface area contributed by atoms with Crippen molar-refractivity contribution in [3.8, 4) is 11.4 Å². The minimum Gasteiger partial charge on any atom is -0.383 e. The number of hydrogen-bond donors (Lipinski definition) is 1. The van der Waals surface area contributed by atoms with Gasteiger partial charge in [0.25, 0.3) is 0 Å². The van der Waals surface area contributed by atoms with Gasteiger partial charge in [0.05, 0.1) is 11.1 Å². The van der Waals surface area contributed by atoms with Crippen molar-refractivity contribution in [2.45, 2.75) is 0 Å². The number of nitrogens with zero attached hydrogens (tertiary/aromatic N) is 2. The molecular weight excluding hydrogens is 284 g/mol. The van der Waals surface area contributed by atoms with Gasteiger partial charge in [0, 0.05) is 16.5 Å². The van der Waals surface area contributed by atoms with Crippen molar-refractivity contribution in [2.75, 3.05) is 5.73 Å². The molecule has 0 aliphatic heterocycles. The van der Waals surface area contributed by atoms with E-state index in [1.807, 2.05) is 0 Å². The minimum absolute atomic E-state index is 0.0925. The van der Waals surface area contributed by atoms with Gasteiger partial charge in [-0.15, -0.1) is 0 Å². The molecule has 0 bridgehead atoms. The quantitative estimate of drug-likeness (QED) is 0.742. The highest BCUT2D eigenvalue weighted by molar-refractivity contribution is 6.31. The molecule has 20 heavy (non-hydrogen) atoms. The van der Waals surface area contributed by atoms with Crippen LogP contribution in [-0.2, 0) is 0 Å². The van der Waals surface area contributed by atoms with Crippen molar-refractivity contribution in [3.63, 3.8) is 0 Å². The summed E-state index contributed by atoms with van der Waals surface area (Å²) in [6, 6.07) is 8.16. The van der Waals surface area contributed by atoms with E-state index in [0.717, 1.165) is 12.1 Å². The number of nitrogens with two attached hydrogens (primary N) is 1. The van der Waals surface area contributed by atoms with Gasteiger partial charge < -0.3 is 5.73 Å². The predicted octanol–water partition coefficient (Wildman–Crippen LogP) is 3.81. The molecule has 0 atom stereocenters. The molecule has 2 aromatic carbocycles. The lowest BCUT2D eigenvalue weighted by Crippen LogP contribution is -1.99. The van der Waals surface area contributed by atoms with Crippen LogP contribution in [0, 0.1) is 11.6 Å². The second-order valence-electron chi connectivity index (χ2n) is 4.22. The first-order chi connectivity index (χ1) is 9.54. The van der Waals surface area contributed by atoms with Gasteiger partial charge in [0.15, 0.2) is 5.82 Å². The van der Waals surface area contributed by atoms with E-state index >= 15 is 0 Å². The summed E-state index contributed by atoms with van der Waals surface area (Å²) in [6.07, 6.45) is 0. The number of hydrogen-bond acceptors (Lipinski definition) is 3. The molecule has 0 spiro atoms. The topological polar surface area (TPSA) is 51.8 Å². The van der Waals surface area contributed by atoms with Crippen LogP contribution in [0.25, 0.3) is 22.3 Å². The number of halogens is 3. The Morgan fingerprint density at radius 3 is 2.55 bits per heavy atom. The summed E-state index contributed by atoms with van der Waals surface area (Å²) in [5, 5.41) is 1.09. The van der Waals surface area contributed by atoms with E-state index in [9.17, 15) is 8.78 Å². The molecular formula is C14H8ClF2N3. The number of benzene rings is 2. The highest BCUT2D eigenvalue weighted by Crippen LogP contribution is 2.27. The second kappa shape index (κ2) is 4.68. The van der Waals surface area contributed by atoms with E-state index < -0.39 is 11.6 Å². The molecule has 3 aromatic rings. The Hall–Kier alpha value is -2.27. The van der Waals surface area contributed by atoms with Crippen LogP contribution in [0.5, 0.6) is 0 Å². The van der Waals surface area contributed by atoms with Crippen molar-refractivity contribution in [1.82, 2.24) is 9.97 Å². The zero-order valence-corrected chi connectivity index (χ0v) is 10.8. The standard InChI is InChI=1S/C14H8ClF2N3/c15-7-1-4-12-10(5-7)13(18)20-14(19-12)9-3-2-8(16)6-11(9)17/h1-6H,(H2,18,19,20). The summed E-state index contributed by atoms with van der Waals surface area (Å²) >= 11 is 5.88. The first-order valence-electron chi connectivity index (χ1n) is 5.73. The molecule has 100 valence electrons. The van der Waals surface area contributed by atoms with E-state index in [-0.39, 0.29) is 17.2 Å². The lowest BCUT2D eigenvalue weighted by molar-refractivity contribution is 0.585. The van der Waals surface area contributed by atoms with Gasteiger partial charge in [-0.25, -0.2) is 18.7 Å². The normalized spacial score (nSPS) is 10.9. The fourth-order valence-electron chi connectivity index (χ4n) is 1.92. The summed E-state index contributed by atoms with van der Waals surface area (Å²) in [6.45, 7) is 0. The van der Waals surface area contributed by atoms with Gasteiger partial charge in [0.2, 0.25) is 0 Å². The largest absolute Gasteiger partial charge is 0.383 e. The predicted molar refractivity (Wildman–Crippen MR) is 74.3 cm³/mol. The van der Waals surface area contributed by atoms with Crippen LogP contribution in [0.1, 0.15) is 0 Å². The van der Waals surface area contributed by atoms with E-state index in [1.54, 1.807) is 18.2 Å². The summed E-state index contributed by atoms with van der Waals surface area (Å²) < 4.78 is 26.7. The molecule has 1 heterocycles. The molecule has 3 rings (SSSR count). The molecule has 2 N–H and O–H groups in total. The number of fused-ring (bicyclic) bond motifs is 1. The van der Waals surface area contributed by atoms with E-state index in [4.69, 9.17) is 17.3 Å². The molecule has 3 nitrogen and oxygen atoms in total. The van der Waals surface area contributed by atoms with Gasteiger partial charge in [0.1, 0.15) is 17.5 Å². The molecule has 0 fully saturated rings. The molecule has 6 heteroatoms. The van der Waals surface area contributed by atoms with Gasteiger partial charge in [-0.05, 0) is 30.3 Å². The monoisotopic (exact) mass is 291 g/mol. The first kappa shape index (κ1) is 12.7. The number of nitrogen functional groups attached to an aromatic ring is 1. The SMILES string of the molecule is Nc1nc(-c2ccc(F)cc2F)nc2ccc(Cl)cc12. The van der Waals surface area contributed by atoms with Crippen LogP contribution in [0.2, 0.25) is 5.02 Å². The maximum atomic E-state index is 13.8. The van der Waals surface area contributed by atoms with Crippen molar-refractivity contribution in [2.24, 2.45) is 0 Å². The fourth-order valence-corrected chi connectivity index (χ4v) is 2.09. The number of rotatable bonds is 1. The molecule has 1 aromatic heterocycles. The lowest BCUT2D eigenvalue weighted by atomic mass is 10.1. The molecule has 0 amide bonds. The third kappa shape index (κ3) is 2.16. The van der Waals surface area contributed by atoms with Crippen LogP contribution in [0.15, 0.2) is 36.4 Å². The molecule has 0 aliphatic carbocycles. The Balaban J connectivity index is 2.24. The van der Waals surface area contributed by atoms with Gasteiger partial charge in [-0.2, -0.15) is 0 Å². The summed E-state index contributed by atoms with van der Waals surface area (Å²) in [5.74, 6) is -1.10. The summed E-state index contributed by atoms with van der Waals surface area (Å²) in [7, 11) is 0. The Bertz CT molecular complexity index is 821. The average molecular weight is 292 g/mol. The molecule has 0 aliphatic rings. The van der Waals surface area contributed by atoms with Gasteiger partial charge >= 0.3 is 0 Å². The third-order valence-corrected chi connectivity index (χ3v) is 3.09. The number of aromatic nitrogens is 2. The van der Waals surface area contributed by atoms with E-state index in [1.165, 1.54) is 6.07 Å². The lowest BCUT2D eigenvalue weighted by Gasteiger charge is -2.06. The second-order valence-corrected chi connectivity index (χ2v) is 4.65. The minimum atomic E-state index is -0.738. The highest BCUT2D eigenvalue weighted by Gasteiger charge is 2.12. The van der Waals surface area contributed by atoms with Crippen molar-refractivity contribution in [3.05, 3.63) is 53.1 Å². The molecule has 0 radical (unpaired) electrons. The van der Waals surface area contributed by atoms with Crippen molar-refractivity contribution >= 4 is 28.3 Å². The third-order valence-electron chi connectivity index (χ3n) is 2.86. The van der Waals surface area contributed by atoms with E-state index in [0.29, 0.717) is 15.9 Å². The van der Waals surface area contributed by atoms with Crippen molar-refractivity contribution in [1.29, 1.82) is 0 Å². The Morgan fingerprint density at radius 1 is 1.00 bits per heavy atom. The average Bonchev–Trinajstić information content (AvgIpc) is 2.39. The highest BCUT2D eigenvalue weighted by atomic mass is 35.5. The van der Waals surface area contributed by atoms with Crippen LogP contribution in [0.3, 0.4) is 0 Å². The Morgan fingerprint density at radius 2 is 1.80 bits per heavy atom. The Kier molecular flexibility index (Phi) is 2.99. The van der Waals surface area contributed by atoms with Gasteiger partial charge in [-0.1, -0.05) is 11.6 Å². The summed E-state index contributed by atoms with van der Waals surface area (Å²) in [4.78, 5) is 8.27. The zero-order valence-electron chi connectivity index (χ0n) is 10.1. The zero-order chi connectivity index (χ0) is 14.3. The molecule has 0 saturated carbocycles. The first-order valence-corrected chi connectivity index (χ1v) is 6.10. The maximum absolute atomic E-state index is 13.8. The van der Waals surface area contributed by atoms with E-state index in [2.05, 4.69) is 9.97 Å². The van der Waals surface area contributed by atoms with Crippen LogP contribution in [0.4, 0.5) is 14.6 Å². The Labute approximate surface area is 118 Å². The van der Waals surface area contributed by atoms with Crippen molar-refractivity contribution < 1.29 is 8.78 Å². The smallest absolute Gasteiger partial charge is 0.165 e. The van der Waals surface area contributed by atoms with Gasteiger partial charge in [-0.3, -0.25) is 0 Å². The van der Waals surface area contributed by atoms with Crippen LogP contribution < -0.4 is 5.73 Å². The molecule has 0 saturated heterocycles. The summed E-state index contributed by atoms with van der Waals surface area (Å²) in [5.41, 5.74) is 6.47. The number of anilines is 1.